The molecule has 1 amide bonds. The zero-order valence-electron chi connectivity index (χ0n) is 8.67. The molecule has 0 atom stereocenters. The van der Waals surface area contributed by atoms with Gasteiger partial charge in [0, 0.05) is 16.2 Å². The lowest BCUT2D eigenvalue weighted by atomic mass is 10.0. The van der Waals surface area contributed by atoms with Crippen LogP contribution in [0.15, 0.2) is 24.3 Å². The molecule has 0 bridgehead atoms. The number of rotatable bonds is 1. The Labute approximate surface area is 93.9 Å². The zero-order valence-corrected chi connectivity index (χ0v) is 9.43. The molecule has 15 heavy (non-hydrogen) atoms. The Balaban J connectivity index is 2.51. The highest BCUT2D eigenvalue weighted by molar-refractivity contribution is 6.34. The molecule has 0 spiro atoms. The quantitative estimate of drug-likeness (QED) is 0.725. The van der Waals surface area contributed by atoms with Gasteiger partial charge in [0.05, 0.1) is 5.69 Å². The van der Waals surface area contributed by atoms with E-state index in [4.69, 9.17) is 11.6 Å². The fraction of sp³-hybridized carbons (Fsp3) is 0.250. The molecule has 1 aromatic rings. The number of fused-ring (bicyclic) bond motifs is 1. The van der Waals surface area contributed by atoms with Crippen LogP contribution in [0, 0.1) is 5.92 Å². The molecule has 0 saturated carbocycles. The van der Waals surface area contributed by atoms with Gasteiger partial charge in [0.25, 0.3) is 5.91 Å². The van der Waals surface area contributed by atoms with Gasteiger partial charge in [-0.3, -0.25) is 4.79 Å². The van der Waals surface area contributed by atoms with E-state index < -0.39 is 0 Å². The largest absolute Gasteiger partial charge is 0.321 e. The van der Waals surface area contributed by atoms with Crippen LogP contribution in [-0.4, -0.2) is 5.91 Å². The van der Waals surface area contributed by atoms with Crippen molar-refractivity contribution in [1.82, 2.24) is 0 Å². The van der Waals surface area contributed by atoms with E-state index in [2.05, 4.69) is 5.32 Å². The average molecular weight is 222 g/mol. The minimum atomic E-state index is -0.0408. The van der Waals surface area contributed by atoms with Crippen molar-refractivity contribution in [3.05, 3.63) is 34.9 Å². The second-order valence-electron chi connectivity index (χ2n) is 3.97. The molecule has 2 rings (SSSR count). The first-order chi connectivity index (χ1) is 7.08. The summed E-state index contributed by atoms with van der Waals surface area (Å²) in [6.45, 7) is 4.10. The molecular weight excluding hydrogens is 210 g/mol. The lowest BCUT2D eigenvalue weighted by molar-refractivity contribution is -0.110. The molecule has 1 heterocycles. The molecule has 3 heteroatoms. The molecule has 0 unspecified atom stereocenters. The number of amides is 1. The smallest absolute Gasteiger partial charge is 0.256 e. The Morgan fingerprint density at radius 1 is 1.40 bits per heavy atom. The predicted octanol–water partition coefficient (Wildman–Crippen LogP) is 3.33. The fourth-order valence-corrected chi connectivity index (χ4v) is 1.84. The van der Waals surface area contributed by atoms with Crippen molar-refractivity contribution >= 4 is 28.8 Å². The highest BCUT2D eigenvalue weighted by Gasteiger charge is 2.23. The molecule has 1 N–H and O–H groups in total. The van der Waals surface area contributed by atoms with Crippen LogP contribution >= 0.6 is 11.6 Å². The number of nitrogens with one attached hydrogen (secondary N) is 1. The number of carbonyl (C=O) groups is 1. The molecule has 0 aromatic heterocycles. The van der Waals surface area contributed by atoms with Gasteiger partial charge in [0.2, 0.25) is 0 Å². The van der Waals surface area contributed by atoms with Gasteiger partial charge in [0.1, 0.15) is 0 Å². The van der Waals surface area contributed by atoms with E-state index >= 15 is 0 Å². The van der Waals surface area contributed by atoms with Gasteiger partial charge in [-0.2, -0.15) is 0 Å². The molecule has 1 aliphatic heterocycles. The van der Waals surface area contributed by atoms with E-state index in [-0.39, 0.29) is 5.91 Å². The van der Waals surface area contributed by atoms with Gasteiger partial charge in [-0.25, -0.2) is 0 Å². The first-order valence-electron chi connectivity index (χ1n) is 4.91. The number of anilines is 1. The summed E-state index contributed by atoms with van der Waals surface area (Å²) in [5, 5.41) is 3.44. The first-order valence-corrected chi connectivity index (χ1v) is 5.29. The molecule has 0 fully saturated rings. The van der Waals surface area contributed by atoms with Crippen LogP contribution in [0.2, 0.25) is 5.02 Å². The van der Waals surface area contributed by atoms with Gasteiger partial charge in [-0.05, 0) is 18.1 Å². The number of halogens is 1. The molecule has 0 radical (unpaired) electrons. The summed E-state index contributed by atoms with van der Waals surface area (Å²) in [4.78, 5) is 11.7. The van der Waals surface area contributed by atoms with Crippen LogP contribution in [0.1, 0.15) is 19.4 Å². The first kappa shape index (κ1) is 10.2. The van der Waals surface area contributed by atoms with Gasteiger partial charge < -0.3 is 5.32 Å². The van der Waals surface area contributed by atoms with Crippen LogP contribution < -0.4 is 5.32 Å². The minimum absolute atomic E-state index is 0.0408. The summed E-state index contributed by atoms with van der Waals surface area (Å²) in [5.41, 5.74) is 2.49. The molecule has 1 aromatic carbocycles. The maximum Gasteiger partial charge on any atom is 0.256 e. The number of benzene rings is 1. The summed E-state index contributed by atoms with van der Waals surface area (Å²) in [6.07, 6.45) is 1.97. The number of hydrogen-bond donors (Lipinski definition) is 1. The molecule has 0 saturated heterocycles. The standard InChI is InChI=1S/C12H12ClNO/c1-7(2)5-10-9-4-3-8(13)6-11(9)14-12(10)15/h3-7H,1-2H3,(H,14,15). The van der Waals surface area contributed by atoms with Crippen molar-refractivity contribution in [1.29, 1.82) is 0 Å². The number of hydrogen-bond acceptors (Lipinski definition) is 1. The highest BCUT2D eigenvalue weighted by Crippen LogP contribution is 2.34. The Bertz CT molecular complexity index is 449. The SMILES string of the molecule is CC(C)C=C1C(=O)Nc2cc(Cl)ccc21. The Hall–Kier alpha value is -1.28. The minimum Gasteiger partial charge on any atom is -0.321 e. The maximum atomic E-state index is 11.7. The van der Waals surface area contributed by atoms with Crippen molar-refractivity contribution in [3.63, 3.8) is 0 Å². The van der Waals surface area contributed by atoms with E-state index in [1.807, 2.05) is 26.0 Å². The van der Waals surface area contributed by atoms with Gasteiger partial charge in [-0.1, -0.05) is 37.6 Å². The maximum absolute atomic E-state index is 11.7. The molecule has 1 aliphatic rings. The fourth-order valence-electron chi connectivity index (χ4n) is 1.67. The molecule has 78 valence electrons. The lowest BCUT2D eigenvalue weighted by Crippen LogP contribution is -2.04. The van der Waals surface area contributed by atoms with Crippen molar-refractivity contribution < 1.29 is 4.79 Å². The summed E-state index contributed by atoms with van der Waals surface area (Å²) in [6, 6.07) is 5.45. The van der Waals surface area contributed by atoms with E-state index in [0.29, 0.717) is 10.9 Å². The van der Waals surface area contributed by atoms with Crippen molar-refractivity contribution in [3.8, 4) is 0 Å². The zero-order chi connectivity index (χ0) is 11.0. The van der Waals surface area contributed by atoms with E-state index in [9.17, 15) is 4.79 Å². The van der Waals surface area contributed by atoms with Crippen LogP contribution in [0.5, 0.6) is 0 Å². The van der Waals surface area contributed by atoms with E-state index in [0.717, 1.165) is 16.8 Å². The summed E-state index contributed by atoms with van der Waals surface area (Å²) in [7, 11) is 0. The molecule has 2 nitrogen and oxygen atoms in total. The van der Waals surface area contributed by atoms with Crippen molar-refractivity contribution in [2.45, 2.75) is 13.8 Å². The van der Waals surface area contributed by atoms with Crippen molar-refractivity contribution in [2.24, 2.45) is 5.92 Å². The second kappa shape index (κ2) is 3.70. The topological polar surface area (TPSA) is 29.1 Å². The summed E-state index contributed by atoms with van der Waals surface area (Å²) < 4.78 is 0. The van der Waals surface area contributed by atoms with Gasteiger partial charge >= 0.3 is 0 Å². The van der Waals surface area contributed by atoms with Crippen LogP contribution in [0.25, 0.3) is 5.57 Å². The van der Waals surface area contributed by atoms with Crippen LogP contribution in [0.3, 0.4) is 0 Å². The van der Waals surface area contributed by atoms with Gasteiger partial charge in [-0.15, -0.1) is 0 Å². The third kappa shape index (κ3) is 1.90. The second-order valence-corrected chi connectivity index (χ2v) is 4.40. The highest BCUT2D eigenvalue weighted by atomic mass is 35.5. The van der Waals surface area contributed by atoms with E-state index in [1.165, 1.54) is 0 Å². The Kier molecular flexibility index (Phi) is 2.53. The van der Waals surface area contributed by atoms with Gasteiger partial charge in [0.15, 0.2) is 0 Å². The normalized spacial score (nSPS) is 17.1. The summed E-state index contributed by atoms with van der Waals surface area (Å²) >= 11 is 5.85. The van der Waals surface area contributed by atoms with Crippen LogP contribution in [0.4, 0.5) is 5.69 Å². The van der Waals surface area contributed by atoms with Crippen molar-refractivity contribution in [2.75, 3.05) is 5.32 Å². The molecule has 0 aliphatic carbocycles. The predicted molar refractivity (Wildman–Crippen MR) is 62.9 cm³/mol. The monoisotopic (exact) mass is 221 g/mol. The third-order valence-corrected chi connectivity index (χ3v) is 2.50. The Morgan fingerprint density at radius 3 is 2.80 bits per heavy atom. The average Bonchev–Trinajstić information content (AvgIpc) is 2.41. The van der Waals surface area contributed by atoms with Crippen LogP contribution in [-0.2, 0) is 4.79 Å². The van der Waals surface area contributed by atoms with E-state index in [1.54, 1.807) is 12.1 Å². The third-order valence-electron chi connectivity index (χ3n) is 2.26. The lowest BCUT2D eigenvalue weighted by Gasteiger charge is -2.00. The molecular formula is C12H12ClNO. The summed E-state index contributed by atoms with van der Waals surface area (Å²) in [5.74, 6) is 0.313. The number of carbonyl (C=O) groups excluding carboxylic acids is 1. The Morgan fingerprint density at radius 2 is 2.13 bits per heavy atom. The number of allylic oxidation sites excluding steroid dienone is 1.